The van der Waals surface area contributed by atoms with E-state index in [1.165, 1.54) is 0 Å². The molecule has 0 aliphatic rings. The largest absolute Gasteiger partial charge is 0.464 e. The van der Waals surface area contributed by atoms with Crippen LogP contribution in [-0.2, 0) is 22.6 Å². The molecule has 2 aromatic rings. The molecule has 2 rings (SSSR count). The van der Waals surface area contributed by atoms with Crippen LogP contribution in [0.5, 0.6) is 0 Å². The molecule has 0 radical (unpaired) electrons. The lowest BCUT2D eigenvalue weighted by Gasteiger charge is -2.05. The van der Waals surface area contributed by atoms with Crippen molar-refractivity contribution in [3.63, 3.8) is 0 Å². The van der Waals surface area contributed by atoms with Gasteiger partial charge in [0.1, 0.15) is 12.2 Å². The molecule has 0 aliphatic carbocycles. The number of ether oxygens (including phenoxy) is 1. The van der Waals surface area contributed by atoms with Gasteiger partial charge in [-0.05, 0) is 31.2 Å². The van der Waals surface area contributed by atoms with E-state index in [0.29, 0.717) is 6.61 Å². The number of unbranched alkanes of at least 4 members (excludes halogenated alkanes) is 1. The van der Waals surface area contributed by atoms with Crippen molar-refractivity contribution >= 4 is 17.0 Å². The van der Waals surface area contributed by atoms with Crippen molar-refractivity contribution in [3.8, 4) is 0 Å². The number of fused-ring (bicyclic) bond motifs is 1. The number of nitrogens with one attached hydrogen (secondary N) is 1. The summed E-state index contributed by atoms with van der Waals surface area (Å²) in [5.74, 6) is -0.211. The molecule has 2 aromatic heterocycles. The van der Waals surface area contributed by atoms with Crippen molar-refractivity contribution in [3.05, 3.63) is 30.1 Å². The van der Waals surface area contributed by atoms with Gasteiger partial charge >= 0.3 is 5.97 Å². The van der Waals surface area contributed by atoms with E-state index in [1.54, 1.807) is 6.20 Å². The molecule has 2 heterocycles. The van der Waals surface area contributed by atoms with Crippen LogP contribution in [0.15, 0.2) is 24.5 Å². The molecule has 0 aromatic carbocycles. The third kappa shape index (κ3) is 3.36. The molecule has 0 fully saturated rings. The molecule has 20 heavy (non-hydrogen) atoms. The van der Waals surface area contributed by atoms with Crippen molar-refractivity contribution in [1.82, 2.24) is 14.9 Å². The van der Waals surface area contributed by atoms with E-state index in [-0.39, 0.29) is 12.5 Å². The third-order valence-electron chi connectivity index (χ3n) is 3.14. The summed E-state index contributed by atoms with van der Waals surface area (Å²) in [4.78, 5) is 16.2. The molecule has 0 saturated heterocycles. The average Bonchev–Trinajstić information content (AvgIpc) is 2.78. The van der Waals surface area contributed by atoms with Crippen molar-refractivity contribution in [1.29, 1.82) is 0 Å². The van der Waals surface area contributed by atoms with E-state index in [1.807, 2.05) is 29.9 Å². The number of aromatic nitrogens is 2. The number of rotatable bonds is 7. The Morgan fingerprint density at radius 3 is 3.10 bits per heavy atom. The quantitative estimate of drug-likeness (QED) is 0.621. The molecule has 0 saturated carbocycles. The van der Waals surface area contributed by atoms with Gasteiger partial charge in [-0.2, -0.15) is 0 Å². The lowest BCUT2D eigenvalue weighted by Crippen LogP contribution is -2.14. The Hall–Kier alpha value is -1.88. The Labute approximate surface area is 118 Å². The molecule has 0 atom stereocenters. The first-order valence-corrected chi connectivity index (χ1v) is 6.99. The Balaban J connectivity index is 2.15. The number of nitrogens with zero attached hydrogens (tertiary/aromatic N) is 2. The SMILES string of the molecule is CCCCOC(=O)Cn1cc(CNC)c2cccnc21. The highest BCUT2D eigenvalue weighted by Crippen LogP contribution is 2.19. The molecule has 0 amide bonds. The molecule has 0 spiro atoms. The average molecular weight is 275 g/mol. The highest BCUT2D eigenvalue weighted by atomic mass is 16.5. The number of esters is 1. The number of carbonyl (C=O) groups is 1. The second-order valence-electron chi connectivity index (χ2n) is 4.76. The summed E-state index contributed by atoms with van der Waals surface area (Å²) in [5, 5.41) is 4.20. The van der Waals surface area contributed by atoms with Gasteiger partial charge in [-0.15, -0.1) is 0 Å². The molecule has 0 aliphatic heterocycles. The van der Waals surface area contributed by atoms with Crippen LogP contribution in [0.25, 0.3) is 11.0 Å². The lowest BCUT2D eigenvalue weighted by atomic mass is 10.2. The standard InChI is InChI=1S/C15H21N3O2/c1-3-4-8-20-14(19)11-18-10-12(9-16-2)13-6-5-7-17-15(13)18/h5-7,10,16H,3-4,8-9,11H2,1-2H3. The topological polar surface area (TPSA) is 56.1 Å². The van der Waals surface area contributed by atoms with Crippen LogP contribution in [0.3, 0.4) is 0 Å². The smallest absolute Gasteiger partial charge is 0.326 e. The zero-order chi connectivity index (χ0) is 14.4. The first-order valence-electron chi connectivity index (χ1n) is 6.99. The third-order valence-corrected chi connectivity index (χ3v) is 3.14. The van der Waals surface area contributed by atoms with Crippen LogP contribution in [0.1, 0.15) is 25.3 Å². The summed E-state index contributed by atoms with van der Waals surface area (Å²) in [6, 6.07) is 3.93. The Morgan fingerprint density at radius 2 is 2.35 bits per heavy atom. The number of hydrogen-bond donors (Lipinski definition) is 1. The van der Waals surface area contributed by atoms with E-state index in [0.717, 1.165) is 36.0 Å². The Bertz CT molecular complexity index is 578. The van der Waals surface area contributed by atoms with Crippen LogP contribution in [0.4, 0.5) is 0 Å². The fraction of sp³-hybridized carbons (Fsp3) is 0.467. The minimum Gasteiger partial charge on any atom is -0.464 e. The fourth-order valence-electron chi connectivity index (χ4n) is 2.16. The van der Waals surface area contributed by atoms with Gasteiger partial charge in [-0.3, -0.25) is 4.79 Å². The summed E-state index contributed by atoms with van der Waals surface area (Å²) >= 11 is 0. The molecule has 1 N–H and O–H groups in total. The predicted molar refractivity (Wildman–Crippen MR) is 78.4 cm³/mol. The van der Waals surface area contributed by atoms with Crippen LogP contribution in [-0.4, -0.2) is 29.2 Å². The van der Waals surface area contributed by atoms with Gasteiger partial charge in [0.15, 0.2) is 0 Å². The molecule has 5 heteroatoms. The zero-order valence-electron chi connectivity index (χ0n) is 12.1. The molecule has 0 unspecified atom stereocenters. The van der Waals surface area contributed by atoms with Gasteiger partial charge in [-0.25, -0.2) is 4.98 Å². The van der Waals surface area contributed by atoms with E-state index >= 15 is 0 Å². The second kappa shape index (κ2) is 7.05. The van der Waals surface area contributed by atoms with E-state index in [4.69, 9.17) is 4.74 Å². The summed E-state index contributed by atoms with van der Waals surface area (Å²) in [6.45, 7) is 3.52. The van der Waals surface area contributed by atoms with Crippen LogP contribution < -0.4 is 5.32 Å². The highest BCUT2D eigenvalue weighted by Gasteiger charge is 2.12. The zero-order valence-corrected chi connectivity index (χ0v) is 12.1. The number of pyridine rings is 1. The normalized spacial score (nSPS) is 10.9. The van der Waals surface area contributed by atoms with Gasteiger partial charge in [0.25, 0.3) is 0 Å². The second-order valence-corrected chi connectivity index (χ2v) is 4.76. The first kappa shape index (κ1) is 14.5. The van der Waals surface area contributed by atoms with Crippen molar-refractivity contribution < 1.29 is 9.53 Å². The van der Waals surface area contributed by atoms with Gasteiger partial charge in [0.05, 0.1) is 6.61 Å². The van der Waals surface area contributed by atoms with Crippen molar-refractivity contribution in [2.24, 2.45) is 0 Å². The molecular weight excluding hydrogens is 254 g/mol. The minimum absolute atomic E-state index is 0.209. The molecule has 0 bridgehead atoms. The minimum atomic E-state index is -0.211. The van der Waals surface area contributed by atoms with Gasteiger partial charge < -0.3 is 14.6 Å². The maximum absolute atomic E-state index is 11.8. The Kier molecular flexibility index (Phi) is 5.12. The molecule has 5 nitrogen and oxygen atoms in total. The molecular formula is C15H21N3O2. The van der Waals surface area contributed by atoms with Crippen molar-refractivity contribution in [2.45, 2.75) is 32.9 Å². The van der Waals surface area contributed by atoms with Gasteiger partial charge in [-0.1, -0.05) is 13.3 Å². The molecule has 108 valence electrons. The van der Waals surface area contributed by atoms with E-state index in [9.17, 15) is 4.79 Å². The summed E-state index contributed by atoms with van der Waals surface area (Å²) in [6.07, 6.45) is 5.63. The first-order chi connectivity index (χ1) is 9.76. The Morgan fingerprint density at radius 1 is 1.50 bits per heavy atom. The predicted octanol–water partition coefficient (Wildman–Crippen LogP) is 2.10. The van der Waals surface area contributed by atoms with E-state index in [2.05, 4.69) is 17.2 Å². The summed E-state index contributed by atoms with van der Waals surface area (Å²) in [5.41, 5.74) is 1.96. The van der Waals surface area contributed by atoms with Gasteiger partial charge in [0.2, 0.25) is 0 Å². The summed E-state index contributed by atoms with van der Waals surface area (Å²) < 4.78 is 7.06. The van der Waals surface area contributed by atoms with Crippen LogP contribution in [0.2, 0.25) is 0 Å². The number of carbonyl (C=O) groups excluding carboxylic acids is 1. The van der Waals surface area contributed by atoms with Crippen LogP contribution >= 0.6 is 0 Å². The van der Waals surface area contributed by atoms with Crippen molar-refractivity contribution in [2.75, 3.05) is 13.7 Å². The maximum atomic E-state index is 11.8. The summed E-state index contributed by atoms with van der Waals surface area (Å²) in [7, 11) is 1.90. The van der Waals surface area contributed by atoms with Crippen LogP contribution in [0, 0.1) is 0 Å². The van der Waals surface area contributed by atoms with Gasteiger partial charge in [0, 0.05) is 24.3 Å². The maximum Gasteiger partial charge on any atom is 0.326 e. The number of hydrogen-bond acceptors (Lipinski definition) is 4. The monoisotopic (exact) mass is 275 g/mol. The lowest BCUT2D eigenvalue weighted by molar-refractivity contribution is -0.144. The highest BCUT2D eigenvalue weighted by molar-refractivity contribution is 5.82. The van der Waals surface area contributed by atoms with E-state index < -0.39 is 0 Å². The fourth-order valence-corrected chi connectivity index (χ4v) is 2.16.